The van der Waals surface area contributed by atoms with Crippen molar-refractivity contribution in [3.63, 3.8) is 0 Å². The highest BCUT2D eigenvalue weighted by atomic mass is 32.2. The van der Waals surface area contributed by atoms with Crippen LogP contribution in [0.5, 0.6) is 0 Å². The van der Waals surface area contributed by atoms with Crippen LogP contribution in [0.3, 0.4) is 0 Å². The first kappa shape index (κ1) is 8.48. The zero-order valence-corrected chi connectivity index (χ0v) is 6.72. The second-order valence-electron chi connectivity index (χ2n) is 2.44. The Morgan fingerprint density at radius 1 is 1.64 bits per heavy atom. The second kappa shape index (κ2) is 2.18. The van der Waals surface area contributed by atoms with Crippen molar-refractivity contribution < 1.29 is 23.1 Å². The van der Waals surface area contributed by atoms with Crippen molar-refractivity contribution in [2.45, 2.75) is 11.4 Å². The minimum atomic E-state index is -3.77. The molecule has 1 aliphatic heterocycles. The first-order valence-corrected chi connectivity index (χ1v) is 4.86. The van der Waals surface area contributed by atoms with Crippen molar-refractivity contribution in [3.8, 4) is 0 Å². The van der Waals surface area contributed by atoms with Gasteiger partial charge in [0.25, 0.3) is 4.93 Å². The molecule has 1 saturated heterocycles. The van der Waals surface area contributed by atoms with Gasteiger partial charge in [-0.05, 0) is 0 Å². The van der Waals surface area contributed by atoms with Gasteiger partial charge in [-0.15, -0.1) is 0 Å². The standard InChI is InChI=1S/C5H8O5S/c1-11(8,9)5(7)2-3-10-4(5)6/h7H,2-3H2,1H3. The molecule has 1 aliphatic rings. The molecule has 0 radical (unpaired) electrons. The maximum absolute atomic E-state index is 10.8. The van der Waals surface area contributed by atoms with Crippen LogP contribution in [-0.4, -0.2) is 37.3 Å². The topological polar surface area (TPSA) is 80.7 Å². The molecule has 1 heterocycles. The minimum absolute atomic E-state index is 0.0393. The fourth-order valence-electron chi connectivity index (χ4n) is 0.834. The molecule has 5 nitrogen and oxygen atoms in total. The molecule has 1 fully saturated rings. The Bertz CT molecular complexity index is 279. The van der Waals surface area contributed by atoms with E-state index in [1.807, 2.05) is 0 Å². The summed E-state index contributed by atoms with van der Waals surface area (Å²) in [5.74, 6) is -1.07. The summed E-state index contributed by atoms with van der Waals surface area (Å²) < 4.78 is 26.0. The molecule has 1 unspecified atom stereocenters. The lowest BCUT2D eigenvalue weighted by Crippen LogP contribution is -2.42. The zero-order chi connectivity index (χ0) is 8.70. The van der Waals surface area contributed by atoms with Gasteiger partial charge in [0.05, 0.1) is 6.61 Å². The van der Waals surface area contributed by atoms with Crippen LogP contribution in [0.15, 0.2) is 0 Å². The van der Waals surface area contributed by atoms with Crippen LogP contribution in [0.4, 0.5) is 0 Å². The minimum Gasteiger partial charge on any atom is -0.463 e. The lowest BCUT2D eigenvalue weighted by molar-refractivity contribution is -0.146. The van der Waals surface area contributed by atoms with E-state index >= 15 is 0 Å². The summed E-state index contributed by atoms with van der Waals surface area (Å²) in [4.78, 5) is 8.39. The van der Waals surface area contributed by atoms with Crippen LogP contribution in [0.1, 0.15) is 6.42 Å². The van der Waals surface area contributed by atoms with E-state index in [0.717, 1.165) is 6.26 Å². The summed E-state index contributed by atoms with van der Waals surface area (Å²) in [5.41, 5.74) is 0. The zero-order valence-electron chi connectivity index (χ0n) is 5.90. The van der Waals surface area contributed by atoms with E-state index in [4.69, 9.17) is 0 Å². The average molecular weight is 180 g/mol. The van der Waals surface area contributed by atoms with E-state index in [2.05, 4.69) is 4.74 Å². The maximum atomic E-state index is 10.8. The van der Waals surface area contributed by atoms with Gasteiger partial charge in [0, 0.05) is 12.7 Å². The fraction of sp³-hybridized carbons (Fsp3) is 0.800. The summed E-state index contributed by atoms with van der Waals surface area (Å²) in [6, 6.07) is 0. The number of esters is 1. The summed E-state index contributed by atoms with van der Waals surface area (Å²) in [7, 11) is -3.77. The van der Waals surface area contributed by atoms with Gasteiger partial charge >= 0.3 is 5.97 Å². The smallest absolute Gasteiger partial charge is 0.354 e. The molecule has 0 aromatic carbocycles. The molecule has 1 rings (SSSR count). The number of carbonyl (C=O) groups excluding carboxylic acids is 1. The first-order chi connectivity index (χ1) is 4.88. The quantitative estimate of drug-likeness (QED) is 0.505. The second-order valence-corrected chi connectivity index (χ2v) is 4.66. The molecule has 0 aromatic rings. The summed E-state index contributed by atoms with van der Waals surface area (Å²) in [6.45, 7) is -0.0393. The van der Waals surface area contributed by atoms with Crippen LogP contribution in [-0.2, 0) is 19.4 Å². The third-order valence-corrected chi connectivity index (χ3v) is 3.20. The molecule has 1 atom stereocenters. The lowest BCUT2D eigenvalue weighted by Gasteiger charge is -2.13. The van der Waals surface area contributed by atoms with Gasteiger partial charge in [0.1, 0.15) is 0 Å². The molecule has 1 N–H and O–H groups in total. The Hall–Kier alpha value is -0.620. The number of sulfone groups is 1. The molecule has 0 saturated carbocycles. The van der Waals surface area contributed by atoms with E-state index in [0.29, 0.717) is 0 Å². The Labute approximate surface area is 63.9 Å². The molecular formula is C5H8O5S. The molecule has 0 spiro atoms. The van der Waals surface area contributed by atoms with Gasteiger partial charge in [-0.3, -0.25) is 0 Å². The van der Waals surface area contributed by atoms with Crippen LogP contribution < -0.4 is 0 Å². The number of ether oxygens (including phenoxy) is 1. The van der Waals surface area contributed by atoms with Crippen LogP contribution in [0, 0.1) is 0 Å². The summed E-state index contributed by atoms with van der Waals surface area (Å²) >= 11 is 0. The van der Waals surface area contributed by atoms with Crippen LogP contribution in [0.2, 0.25) is 0 Å². The molecule has 6 heteroatoms. The van der Waals surface area contributed by atoms with E-state index in [-0.39, 0.29) is 13.0 Å². The third kappa shape index (κ3) is 1.12. The highest BCUT2D eigenvalue weighted by molar-refractivity contribution is 7.92. The van der Waals surface area contributed by atoms with Crippen LogP contribution in [0.25, 0.3) is 0 Å². The van der Waals surface area contributed by atoms with Crippen molar-refractivity contribution in [1.82, 2.24) is 0 Å². The van der Waals surface area contributed by atoms with Crippen LogP contribution >= 0.6 is 0 Å². The molecule has 0 bridgehead atoms. The summed E-state index contributed by atoms with van der Waals surface area (Å²) in [5, 5.41) is 9.23. The Morgan fingerprint density at radius 2 is 2.18 bits per heavy atom. The predicted molar refractivity (Wildman–Crippen MR) is 35.4 cm³/mol. The van der Waals surface area contributed by atoms with Gasteiger partial charge in [-0.25, -0.2) is 13.2 Å². The third-order valence-electron chi connectivity index (χ3n) is 1.61. The van der Waals surface area contributed by atoms with Crippen molar-refractivity contribution in [2.75, 3.05) is 12.9 Å². The van der Waals surface area contributed by atoms with Crippen molar-refractivity contribution in [3.05, 3.63) is 0 Å². The number of hydrogen-bond donors (Lipinski definition) is 1. The Balaban J connectivity index is 3.10. The first-order valence-electron chi connectivity index (χ1n) is 2.97. The SMILES string of the molecule is CS(=O)(=O)C1(O)CCOC1=O. The van der Waals surface area contributed by atoms with Crippen molar-refractivity contribution in [2.24, 2.45) is 0 Å². The number of aliphatic hydroxyl groups is 1. The highest BCUT2D eigenvalue weighted by Gasteiger charge is 2.51. The molecule has 0 aromatic heterocycles. The monoisotopic (exact) mass is 180 g/mol. The van der Waals surface area contributed by atoms with E-state index in [1.165, 1.54) is 0 Å². The van der Waals surface area contributed by atoms with E-state index in [9.17, 15) is 18.3 Å². The molecule has 0 aliphatic carbocycles. The number of cyclic esters (lactones) is 1. The van der Waals surface area contributed by atoms with Gasteiger partial charge < -0.3 is 9.84 Å². The summed E-state index contributed by atoms with van der Waals surface area (Å²) in [6.07, 6.45) is 0.629. The van der Waals surface area contributed by atoms with Crippen molar-refractivity contribution in [1.29, 1.82) is 0 Å². The predicted octanol–water partition coefficient (Wildman–Crippen LogP) is -1.33. The number of rotatable bonds is 1. The Morgan fingerprint density at radius 3 is 2.36 bits per heavy atom. The highest BCUT2D eigenvalue weighted by Crippen LogP contribution is 2.25. The van der Waals surface area contributed by atoms with E-state index in [1.54, 1.807) is 0 Å². The van der Waals surface area contributed by atoms with E-state index < -0.39 is 20.7 Å². The van der Waals surface area contributed by atoms with Gasteiger partial charge in [-0.1, -0.05) is 0 Å². The number of carbonyl (C=O) groups is 1. The molecule has 0 amide bonds. The average Bonchev–Trinajstić information content (AvgIpc) is 2.12. The largest absolute Gasteiger partial charge is 0.463 e. The maximum Gasteiger partial charge on any atom is 0.354 e. The van der Waals surface area contributed by atoms with Gasteiger partial charge in [0.15, 0.2) is 9.84 Å². The molecule has 11 heavy (non-hydrogen) atoms. The van der Waals surface area contributed by atoms with Gasteiger partial charge in [-0.2, -0.15) is 0 Å². The normalized spacial score (nSPS) is 32.0. The van der Waals surface area contributed by atoms with Crippen molar-refractivity contribution >= 4 is 15.8 Å². The fourth-order valence-corrected chi connectivity index (χ4v) is 1.65. The Kier molecular flexibility index (Phi) is 1.68. The lowest BCUT2D eigenvalue weighted by atomic mass is 10.3. The number of hydrogen-bond acceptors (Lipinski definition) is 5. The molecular weight excluding hydrogens is 172 g/mol. The molecule has 64 valence electrons. The van der Waals surface area contributed by atoms with Gasteiger partial charge in [0.2, 0.25) is 0 Å².